The third kappa shape index (κ3) is 3.38. The summed E-state index contributed by atoms with van der Waals surface area (Å²) >= 11 is 0. The molecular weight excluding hydrogens is 174 g/mol. The molecule has 0 amide bonds. The first-order valence-corrected chi connectivity index (χ1v) is 5.05. The summed E-state index contributed by atoms with van der Waals surface area (Å²) in [6.07, 6.45) is 0. The van der Waals surface area contributed by atoms with E-state index in [2.05, 4.69) is 37.4 Å². The molecule has 2 heteroatoms. The molecule has 0 aliphatic heterocycles. The molecule has 1 aromatic rings. The van der Waals surface area contributed by atoms with Gasteiger partial charge in [-0.3, -0.25) is 0 Å². The Kier molecular flexibility index (Phi) is 3.96. The van der Waals surface area contributed by atoms with Crippen LogP contribution >= 0.6 is 0 Å². The Labute approximate surface area is 86.0 Å². The van der Waals surface area contributed by atoms with E-state index < -0.39 is 0 Å². The van der Waals surface area contributed by atoms with Crippen molar-refractivity contribution >= 4 is 5.69 Å². The van der Waals surface area contributed by atoms with Gasteiger partial charge >= 0.3 is 0 Å². The average molecular weight is 193 g/mol. The minimum absolute atomic E-state index is 0.234. The van der Waals surface area contributed by atoms with Crippen molar-refractivity contribution in [2.75, 3.05) is 18.5 Å². The first-order chi connectivity index (χ1) is 6.61. The maximum atomic E-state index is 8.88. The molecule has 14 heavy (non-hydrogen) atoms. The molecule has 2 nitrogen and oxygen atoms in total. The van der Waals surface area contributed by atoms with E-state index in [0.717, 1.165) is 12.2 Å². The van der Waals surface area contributed by atoms with Gasteiger partial charge in [0.1, 0.15) is 0 Å². The van der Waals surface area contributed by atoms with E-state index in [-0.39, 0.29) is 6.61 Å². The molecule has 1 rings (SSSR count). The van der Waals surface area contributed by atoms with Gasteiger partial charge in [-0.1, -0.05) is 13.0 Å². The van der Waals surface area contributed by atoms with E-state index in [4.69, 9.17) is 5.11 Å². The highest BCUT2D eigenvalue weighted by molar-refractivity contribution is 5.48. The minimum Gasteiger partial charge on any atom is -0.396 e. The predicted octanol–water partition coefficient (Wildman–Crippen LogP) is 2.34. The Morgan fingerprint density at radius 2 is 1.79 bits per heavy atom. The molecule has 1 atom stereocenters. The Morgan fingerprint density at radius 3 is 2.29 bits per heavy atom. The van der Waals surface area contributed by atoms with Gasteiger partial charge in [-0.05, 0) is 43.0 Å². The number of aliphatic hydroxyl groups excluding tert-OH is 1. The highest BCUT2D eigenvalue weighted by Gasteiger charge is 2.00. The molecule has 0 saturated carbocycles. The first-order valence-electron chi connectivity index (χ1n) is 5.05. The molecule has 0 aliphatic rings. The topological polar surface area (TPSA) is 32.3 Å². The van der Waals surface area contributed by atoms with Crippen molar-refractivity contribution < 1.29 is 5.11 Å². The quantitative estimate of drug-likeness (QED) is 0.769. The maximum Gasteiger partial charge on any atom is 0.0473 e. The lowest BCUT2D eigenvalue weighted by molar-refractivity contribution is 0.244. The fraction of sp³-hybridized carbons (Fsp3) is 0.500. The van der Waals surface area contributed by atoms with Crippen molar-refractivity contribution in [1.29, 1.82) is 0 Å². The number of hydrogen-bond acceptors (Lipinski definition) is 2. The van der Waals surface area contributed by atoms with Crippen LogP contribution < -0.4 is 5.32 Å². The molecule has 0 aromatic heterocycles. The van der Waals surface area contributed by atoms with E-state index in [1.807, 2.05) is 6.92 Å². The van der Waals surface area contributed by atoms with Gasteiger partial charge in [0.05, 0.1) is 0 Å². The van der Waals surface area contributed by atoms with Crippen molar-refractivity contribution in [3.63, 3.8) is 0 Å². The van der Waals surface area contributed by atoms with Crippen LogP contribution in [0.2, 0.25) is 0 Å². The van der Waals surface area contributed by atoms with E-state index in [0.29, 0.717) is 5.92 Å². The van der Waals surface area contributed by atoms with Crippen LogP contribution in [0.15, 0.2) is 18.2 Å². The number of aryl methyl sites for hydroxylation is 2. The van der Waals surface area contributed by atoms with Crippen LogP contribution in [-0.4, -0.2) is 18.3 Å². The molecule has 0 spiro atoms. The second-order valence-electron chi connectivity index (χ2n) is 4.05. The summed E-state index contributed by atoms with van der Waals surface area (Å²) in [7, 11) is 0. The molecule has 0 radical (unpaired) electrons. The van der Waals surface area contributed by atoms with E-state index in [9.17, 15) is 0 Å². The Hall–Kier alpha value is -1.02. The summed E-state index contributed by atoms with van der Waals surface area (Å²) in [6, 6.07) is 6.40. The minimum atomic E-state index is 0.234. The molecular formula is C12H19NO. The van der Waals surface area contributed by atoms with Gasteiger partial charge in [-0.15, -0.1) is 0 Å². The van der Waals surface area contributed by atoms with E-state index in [1.54, 1.807) is 0 Å². The molecule has 2 N–H and O–H groups in total. The zero-order valence-electron chi connectivity index (χ0n) is 9.17. The van der Waals surface area contributed by atoms with E-state index in [1.165, 1.54) is 11.1 Å². The van der Waals surface area contributed by atoms with Crippen LogP contribution in [0.5, 0.6) is 0 Å². The van der Waals surface area contributed by atoms with Crippen molar-refractivity contribution in [3.05, 3.63) is 29.3 Å². The van der Waals surface area contributed by atoms with Gasteiger partial charge < -0.3 is 10.4 Å². The maximum absolute atomic E-state index is 8.88. The third-order valence-electron chi connectivity index (χ3n) is 2.19. The second-order valence-corrected chi connectivity index (χ2v) is 4.05. The van der Waals surface area contributed by atoms with Crippen LogP contribution in [0.3, 0.4) is 0 Å². The summed E-state index contributed by atoms with van der Waals surface area (Å²) in [5, 5.41) is 12.2. The Balaban J connectivity index is 2.58. The second kappa shape index (κ2) is 5.01. The largest absolute Gasteiger partial charge is 0.396 e. The molecule has 0 bridgehead atoms. The fourth-order valence-corrected chi connectivity index (χ4v) is 1.43. The zero-order chi connectivity index (χ0) is 10.6. The summed E-state index contributed by atoms with van der Waals surface area (Å²) < 4.78 is 0. The van der Waals surface area contributed by atoms with Crippen LogP contribution in [-0.2, 0) is 0 Å². The van der Waals surface area contributed by atoms with Crippen molar-refractivity contribution in [2.24, 2.45) is 5.92 Å². The highest BCUT2D eigenvalue weighted by Crippen LogP contribution is 2.13. The lowest BCUT2D eigenvalue weighted by Crippen LogP contribution is -2.14. The van der Waals surface area contributed by atoms with Crippen LogP contribution in [0.25, 0.3) is 0 Å². The summed E-state index contributed by atoms with van der Waals surface area (Å²) in [5.41, 5.74) is 3.68. The van der Waals surface area contributed by atoms with Gasteiger partial charge in [0.2, 0.25) is 0 Å². The summed E-state index contributed by atoms with van der Waals surface area (Å²) in [5.74, 6) is 0.302. The van der Waals surface area contributed by atoms with E-state index >= 15 is 0 Å². The number of anilines is 1. The number of rotatable bonds is 4. The zero-order valence-corrected chi connectivity index (χ0v) is 9.17. The molecule has 0 aliphatic carbocycles. The van der Waals surface area contributed by atoms with Gasteiger partial charge in [0.25, 0.3) is 0 Å². The number of hydrogen-bond donors (Lipinski definition) is 2. The van der Waals surface area contributed by atoms with Crippen LogP contribution in [0.1, 0.15) is 18.1 Å². The number of aliphatic hydroxyl groups is 1. The third-order valence-corrected chi connectivity index (χ3v) is 2.19. The van der Waals surface area contributed by atoms with Crippen molar-refractivity contribution in [3.8, 4) is 0 Å². The van der Waals surface area contributed by atoms with Gasteiger partial charge in [-0.2, -0.15) is 0 Å². The fourth-order valence-electron chi connectivity index (χ4n) is 1.43. The molecule has 1 aromatic carbocycles. The highest BCUT2D eigenvalue weighted by atomic mass is 16.3. The Bertz CT molecular complexity index is 276. The van der Waals surface area contributed by atoms with Gasteiger partial charge in [0, 0.05) is 18.8 Å². The summed E-state index contributed by atoms with van der Waals surface area (Å²) in [6.45, 7) is 7.26. The smallest absolute Gasteiger partial charge is 0.0473 e. The van der Waals surface area contributed by atoms with Gasteiger partial charge in [0.15, 0.2) is 0 Å². The molecule has 0 fully saturated rings. The standard InChI is InChI=1S/C12H19NO/c1-9-4-10(2)6-12(5-9)13-7-11(3)8-14/h4-6,11,13-14H,7-8H2,1-3H3. The SMILES string of the molecule is Cc1cc(C)cc(NCC(C)CO)c1. The molecule has 0 saturated heterocycles. The van der Waals surface area contributed by atoms with Crippen LogP contribution in [0.4, 0.5) is 5.69 Å². The molecule has 0 heterocycles. The number of nitrogens with one attached hydrogen (secondary N) is 1. The normalized spacial score (nSPS) is 12.6. The predicted molar refractivity (Wildman–Crippen MR) is 60.7 cm³/mol. The lowest BCUT2D eigenvalue weighted by atomic mass is 10.1. The average Bonchev–Trinajstić information content (AvgIpc) is 2.12. The van der Waals surface area contributed by atoms with Crippen LogP contribution in [0, 0.1) is 19.8 Å². The molecule has 1 unspecified atom stereocenters. The van der Waals surface area contributed by atoms with Crippen molar-refractivity contribution in [1.82, 2.24) is 0 Å². The van der Waals surface area contributed by atoms with Crippen molar-refractivity contribution in [2.45, 2.75) is 20.8 Å². The molecule has 78 valence electrons. The monoisotopic (exact) mass is 193 g/mol. The van der Waals surface area contributed by atoms with Gasteiger partial charge in [-0.25, -0.2) is 0 Å². The summed E-state index contributed by atoms with van der Waals surface area (Å²) in [4.78, 5) is 0. The number of benzene rings is 1. The Morgan fingerprint density at radius 1 is 1.21 bits per heavy atom. The lowest BCUT2D eigenvalue weighted by Gasteiger charge is -2.12. The first kappa shape index (κ1) is 11.1.